The number of benzene rings is 5. The van der Waals surface area contributed by atoms with Gasteiger partial charge in [0, 0.05) is 28.9 Å². The molecule has 2 amide bonds. The second-order valence-corrected chi connectivity index (χ2v) is 14.5. The fourth-order valence-electron chi connectivity index (χ4n) is 9.87. The lowest BCUT2D eigenvalue weighted by molar-refractivity contribution is -0.134. The van der Waals surface area contributed by atoms with Gasteiger partial charge in [-0.1, -0.05) is 103 Å². The van der Waals surface area contributed by atoms with Crippen LogP contribution in [0.4, 0.5) is 5.69 Å². The van der Waals surface area contributed by atoms with Crippen LogP contribution in [0, 0.1) is 23.7 Å². The van der Waals surface area contributed by atoms with Gasteiger partial charge in [0.25, 0.3) is 0 Å². The first-order valence-electron chi connectivity index (χ1n) is 17.9. The third-order valence-corrected chi connectivity index (χ3v) is 12.1. The summed E-state index contributed by atoms with van der Waals surface area (Å²) in [6.45, 7) is 0. The number of ketones is 2. The molecule has 1 saturated carbocycles. The molecule has 1 aliphatic heterocycles. The lowest BCUT2D eigenvalue weighted by atomic mass is 9.44. The Balaban J connectivity index is 1.28. The number of phenolic OH excluding ortho intramolecular Hbond substituents is 1. The molecular formula is C45H33NO8. The SMILES string of the molecule is O=C(O)c1ccc(N2C(=O)C3CC=C4C(CC5C(=O)C(c6ccccc6)=CC(=O)C5(c5ccccc5)C4c4ccc(O)c5ccccc45)C3C2=O)cc1O. The molecule has 0 bridgehead atoms. The summed E-state index contributed by atoms with van der Waals surface area (Å²) >= 11 is 0. The zero-order valence-electron chi connectivity index (χ0n) is 28.8. The normalized spacial score (nSPS) is 26.1. The average molecular weight is 716 g/mol. The lowest BCUT2D eigenvalue weighted by Gasteiger charge is -2.55. The van der Waals surface area contributed by atoms with E-state index in [1.54, 1.807) is 30.3 Å². The van der Waals surface area contributed by atoms with Gasteiger partial charge in [-0.05, 0) is 65.1 Å². The summed E-state index contributed by atoms with van der Waals surface area (Å²) in [7, 11) is 0. The van der Waals surface area contributed by atoms with E-state index in [1.165, 1.54) is 12.1 Å². The standard InChI is InChI=1S/C45H33NO8/c47-36-20-19-29(27-13-7-8-14-28(27)36)40-30-17-18-32-39(43(52)46(42(32)51)26-15-16-31(44(53)54)37(48)21-26)34(30)22-35-41(50)33(24-9-3-1-4-10-24)23-38(49)45(35,40)25-11-5-2-6-12-25/h1-17,19-21,23,32,34-35,39-40,47-48H,18,22H2,(H,53,54). The van der Waals surface area contributed by atoms with Crippen molar-refractivity contribution in [1.29, 1.82) is 0 Å². The molecule has 6 atom stereocenters. The Labute approximate surface area is 309 Å². The Bertz CT molecular complexity index is 2520. The van der Waals surface area contributed by atoms with Gasteiger partial charge in [-0.3, -0.25) is 19.2 Å². The Morgan fingerprint density at radius 3 is 2.11 bits per heavy atom. The second-order valence-electron chi connectivity index (χ2n) is 14.5. The molecule has 9 heteroatoms. The topological polar surface area (TPSA) is 149 Å². The summed E-state index contributed by atoms with van der Waals surface area (Å²) in [5.74, 6) is -7.37. The molecule has 1 heterocycles. The van der Waals surface area contributed by atoms with Crippen molar-refractivity contribution in [2.45, 2.75) is 24.2 Å². The number of carboxylic acid groups (broad SMARTS) is 1. The molecule has 5 aromatic carbocycles. The number of aromatic hydroxyl groups is 2. The molecule has 9 rings (SSSR count). The highest BCUT2D eigenvalue weighted by Gasteiger charge is 2.66. The summed E-state index contributed by atoms with van der Waals surface area (Å²) in [5.41, 5.74) is 1.29. The number of carbonyl (C=O) groups is 5. The van der Waals surface area contributed by atoms with Crippen LogP contribution in [0.3, 0.4) is 0 Å². The van der Waals surface area contributed by atoms with Gasteiger partial charge >= 0.3 is 5.97 Å². The lowest BCUT2D eigenvalue weighted by Crippen LogP contribution is -2.58. The first-order chi connectivity index (χ1) is 26.1. The van der Waals surface area contributed by atoms with Crippen molar-refractivity contribution in [3.05, 3.63) is 155 Å². The zero-order chi connectivity index (χ0) is 37.5. The molecule has 9 nitrogen and oxygen atoms in total. The first kappa shape index (κ1) is 33.2. The predicted molar refractivity (Wildman–Crippen MR) is 200 cm³/mol. The van der Waals surface area contributed by atoms with Gasteiger partial charge in [-0.15, -0.1) is 0 Å². The highest BCUT2D eigenvalue weighted by Crippen LogP contribution is 2.64. The maximum atomic E-state index is 15.3. The van der Waals surface area contributed by atoms with Crippen molar-refractivity contribution in [3.8, 4) is 11.5 Å². The van der Waals surface area contributed by atoms with Crippen LogP contribution in [0.2, 0.25) is 0 Å². The number of allylic oxidation sites excluding steroid dienone is 4. The Morgan fingerprint density at radius 2 is 1.41 bits per heavy atom. The van der Waals surface area contributed by atoms with E-state index < -0.39 is 58.5 Å². The Kier molecular flexibility index (Phi) is 7.53. The smallest absolute Gasteiger partial charge is 0.339 e. The van der Waals surface area contributed by atoms with E-state index >= 15 is 9.59 Å². The average Bonchev–Trinajstić information content (AvgIpc) is 3.45. The number of nitrogens with zero attached hydrogens (tertiary/aromatic N) is 1. The summed E-state index contributed by atoms with van der Waals surface area (Å²) in [5, 5.41) is 32.3. The van der Waals surface area contributed by atoms with E-state index in [9.17, 15) is 29.7 Å². The molecule has 3 N–H and O–H groups in total. The molecule has 3 aliphatic carbocycles. The third-order valence-electron chi connectivity index (χ3n) is 12.1. The molecule has 54 heavy (non-hydrogen) atoms. The third kappa shape index (κ3) is 4.60. The number of hydrogen-bond acceptors (Lipinski definition) is 7. The van der Waals surface area contributed by atoms with Crippen LogP contribution in [-0.2, 0) is 24.6 Å². The van der Waals surface area contributed by atoms with Crippen molar-refractivity contribution in [1.82, 2.24) is 0 Å². The highest BCUT2D eigenvalue weighted by molar-refractivity contribution is 6.32. The number of anilines is 1. The van der Waals surface area contributed by atoms with Crippen molar-refractivity contribution in [2.24, 2.45) is 23.7 Å². The molecule has 0 radical (unpaired) electrons. The number of Topliss-reactive ketones (excluding diaryl/α,β-unsaturated/α-hetero) is 1. The van der Waals surface area contributed by atoms with Gasteiger partial charge < -0.3 is 15.3 Å². The summed E-state index contributed by atoms with van der Waals surface area (Å²) in [4.78, 5) is 72.0. The van der Waals surface area contributed by atoms with Crippen LogP contribution in [0.25, 0.3) is 16.3 Å². The van der Waals surface area contributed by atoms with E-state index in [0.29, 0.717) is 27.5 Å². The van der Waals surface area contributed by atoms with Gasteiger partial charge in [-0.2, -0.15) is 0 Å². The van der Waals surface area contributed by atoms with Crippen LogP contribution in [0.5, 0.6) is 11.5 Å². The fourth-order valence-corrected chi connectivity index (χ4v) is 9.87. The largest absolute Gasteiger partial charge is 0.507 e. The number of amides is 2. The number of imide groups is 1. The van der Waals surface area contributed by atoms with Crippen LogP contribution in [0.1, 0.15) is 45.8 Å². The van der Waals surface area contributed by atoms with Gasteiger partial charge in [0.2, 0.25) is 11.8 Å². The van der Waals surface area contributed by atoms with Crippen LogP contribution >= 0.6 is 0 Å². The minimum Gasteiger partial charge on any atom is -0.507 e. The van der Waals surface area contributed by atoms with Crippen molar-refractivity contribution >= 4 is 51.4 Å². The highest BCUT2D eigenvalue weighted by atomic mass is 16.4. The van der Waals surface area contributed by atoms with Crippen LogP contribution in [-0.4, -0.2) is 44.7 Å². The zero-order valence-corrected chi connectivity index (χ0v) is 28.8. The van der Waals surface area contributed by atoms with Gasteiger partial charge in [-0.25, -0.2) is 9.69 Å². The maximum absolute atomic E-state index is 15.3. The maximum Gasteiger partial charge on any atom is 0.339 e. The summed E-state index contributed by atoms with van der Waals surface area (Å²) in [6.07, 6.45) is 3.74. The number of phenols is 2. The first-order valence-corrected chi connectivity index (χ1v) is 17.9. The molecule has 2 fully saturated rings. The molecule has 6 unspecified atom stereocenters. The number of carboxylic acids is 1. The molecule has 266 valence electrons. The van der Waals surface area contributed by atoms with Gasteiger partial charge in [0.05, 0.1) is 22.9 Å². The summed E-state index contributed by atoms with van der Waals surface area (Å²) < 4.78 is 0. The Hall–Kier alpha value is -6.61. The van der Waals surface area contributed by atoms with E-state index in [4.69, 9.17) is 0 Å². The quantitative estimate of drug-likeness (QED) is 0.130. The molecular weight excluding hydrogens is 682 g/mol. The number of fused-ring (bicyclic) bond motifs is 5. The Morgan fingerprint density at radius 1 is 0.722 bits per heavy atom. The van der Waals surface area contributed by atoms with Crippen molar-refractivity contribution < 1.29 is 39.3 Å². The van der Waals surface area contributed by atoms with Crippen LogP contribution in [0.15, 0.2) is 133 Å². The minimum atomic E-state index is -1.44. The molecule has 0 spiro atoms. The summed E-state index contributed by atoms with van der Waals surface area (Å²) in [6, 6.07) is 32.7. The molecule has 0 aromatic heterocycles. The number of aromatic carboxylic acids is 1. The van der Waals surface area contributed by atoms with E-state index in [1.807, 2.05) is 72.8 Å². The fraction of sp³-hybridized carbons (Fsp3) is 0.178. The number of hydrogen-bond donors (Lipinski definition) is 3. The van der Waals surface area contributed by atoms with Gasteiger partial charge in [0.15, 0.2) is 11.6 Å². The van der Waals surface area contributed by atoms with Crippen molar-refractivity contribution in [2.75, 3.05) is 4.90 Å². The van der Waals surface area contributed by atoms with Crippen molar-refractivity contribution in [3.63, 3.8) is 0 Å². The van der Waals surface area contributed by atoms with E-state index in [-0.39, 0.29) is 47.0 Å². The van der Waals surface area contributed by atoms with E-state index in [2.05, 4.69) is 0 Å². The number of rotatable bonds is 5. The molecule has 1 saturated heterocycles. The van der Waals surface area contributed by atoms with Gasteiger partial charge in [0.1, 0.15) is 17.1 Å². The molecule has 4 aliphatic rings. The monoisotopic (exact) mass is 715 g/mol. The predicted octanol–water partition coefficient (Wildman–Crippen LogP) is 6.98. The minimum absolute atomic E-state index is 0.0530. The van der Waals surface area contributed by atoms with E-state index in [0.717, 1.165) is 22.6 Å². The number of carbonyl (C=O) groups excluding carboxylic acids is 4. The second kappa shape index (κ2) is 12.2. The van der Waals surface area contributed by atoms with Crippen LogP contribution < -0.4 is 4.90 Å². The molecule has 5 aromatic rings.